The second kappa shape index (κ2) is 10.9. The summed E-state index contributed by atoms with van der Waals surface area (Å²) in [6.07, 6.45) is 3.21. The number of terminal acetylenes is 1. The van der Waals surface area contributed by atoms with Gasteiger partial charge in [0, 0.05) is 70.3 Å². The van der Waals surface area contributed by atoms with Gasteiger partial charge in [0.05, 0.1) is 23.7 Å². The molecule has 2 unspecified atom stereocenters. The molecule has 1 aromatic rings. The Balaban J connectivity index is 1.37. The molecule has 39 heavy (non-hydrogen) atoms. The van der Waals surface area contributed by atoms with Crippen molar-refractivity contribution in [3.63, 3.8) is 0 Å². The first kappa shape index (κ1) is 27.7. The van der Waals surface area contributed by atoms with Crippen molar-refractivity contribution in [1.29, 1.82) is 0 Å². The summed E-state index contributed by atoms with van der Waals surface area (Å²) in [6.45, 7) is 1.86. The molecule has 0 bridgehead atoms. The predicted octanol–water partition coefficient (Wildman–Crippen LogP) is 2.23. The molecular weight excluding hydrogens is 517 g/mol. The molecule has 0 radical (unpaired) electrons. The number of nitrogens with zero attached hydrogens (tertiary/aromatic N) is 3. The van der Waals surface area contributed by atoms with E-state index < -0.39 is 23.2 Å². The Morgan fingerprint density at radius 3 is 2.92 bits per heavy atom. The highest BCUT2D eigenvalue weighted by Crippen LogP contribution is 2.51. The minimum Gasteiger partial charge on any atom is -0.436 e. The van der Waals surface area contributed by atoms with E-state index in [1.165, 1.54) is 4.90 Å². The lowest BCUT2D eigenvalue weighted by molar-refractivity contribution is -0.143. The summed E-state index contributed by atoms with van der Waals surface area (Å²) >= 11 is 0. The van der Waals surface area contributed by atoms with E-state index in [0.29, 0.717) is 56.8 Å². The molecule has 5 atom stereocenters. The number of methoxy groups -OCH3 is 1. The van der Waals surface area contributed by atoms with Crippen LogP contribution in [0.15, 0.2) is 12.3 Å². The number of carbonyl (C=O) groups excluding carboxylic acids is 2. The third kappa shape index (κ3) is 5.44. The second-order valence-electron chi connectivity index (χ2n) is 10.8. The fourth-order valence-corrected chi connectivity index (χ4v) is 6.67. The lowest BCUT2D eigenvalue weighted by Gasteiger charge is -2.37. The minimum atomic E-state index is -4.52. The first-order valence-electron chi connectivity index (χ1n) is 13.2. The predicted molar refractivity (Wildman–Crippen MR) is 132 cm³/mol. The summed E-state index contributed by atoms with van der Waals surface area (Å²) in [7, 11) is 1.65. The zero-order valence-corrected chi connectivity index (χ0v) is 21.8. The highest BCUT2D eigenvalue weighted by Gasteiger charge is 2.60. The van der Waals surface area contributed by atoms with Gasteiger partial charge in [0.2, 0.25) is 5.91 Å². The Morgan fingerprint density at radius 1 is 1.36 bits per heavy atom. The Bertz CT molecular complexity index is 1140. The smallest absolute Gasteiger partial charge is 0.417 e. The summed E-state index contributed by atoms with van der Waals surface area (Å²) < 4.78 is 56.2. The number of hydrogen-bond acceptors (Lipinski definition) is 7. The minimum absolute atomic E-state index is 0.0131. The zero-order valence-electron chi connectivity index (χ0n) is 21.8. The highest BCUT2D eigenvalue weighted by molar-refractivity contribution is 5.86. The molecule has 1 N–H and O–H groups in total. The van der Waals surface area contributed by atoms with Gasteiger partial charge >= 0.3 is 12.3 Å². The van der Waals surface area contributed by atoms with E-state index in [0.717, 1.165) is 18.7 Å². The molecule has 3 aliphatic heterocycles. The van der Waals surface area contributed by atoms with Crippen LogP contribution in [0.2, 0.25) is 0 Å². The number of nitrogens with one attached hydrogen (secondary N) is 1. The molecule has 0 spiro atoms. The van der Waals surface area contributed by atoms with Crippen molar-refractivity contribution >= 4 is 12.0 Å². The van der Waals surface area contributed by atoms with Gasteiger partial charge in [0.25, 0.3) is 0 Å². The van der Waals surface area contributed by atoms with Crippen LogP contribution in [0.5, 0.6) is 0 Å². The SMILES string of the molecule is C#CCOC(=O)N1C[C@@H]2C[C@@H](NC3CCOCC3OC)C[C@]2(C(=O)N2CCc3ncc(C(F)(F)F)cc3C2)C1. The topological polar surface area (TPSA) is 93.2 Å². The molecule has 2 amide bonds. The van der Waals surface area contributed by atoms with Gasteiger partial charge in [-0.2, -0.15) is 13.2 Å². The largest absolute Gasteiger partial charge is 0.436 e. The number of carbonyl (C=O) groups is 2. The van der Waals surface area contributed by atoms with Crippen LogP contribution in [0.1, 0.15) is 36.1 Å². The van der Waals surface area contributed by atoms with Crippen molar-refractivity contribution < 1.29 is 37.0 Å². The zero-order chi connectivity index (χ0) is 27.8. The maximum Gasteiger partial charge on any atom is 0.417 e. The fraction of sp³-hybridized carbons (Fsp3) is 0.667. The second-order valence-corrected chi connectivity index (χ2v) is 10.8. The third-order valence-corrected chi connectivity index (χ3v) is 8.55. The molecule has 3 fully saturated rings. The van der Waals surface area contributed by atoms with Crippen LogP contribution in [0.25, 0.3) is 0 Å². The Kier molecular flexibility index (Phi) is 7.77. The number of hydrogen-bond donors (Lipinski definition) is 1. The van der Waals surface area contributed by atoms with Gasteiger partial charge < -0.3 is 29.3 Å². The normalized spacial score (nSPS) is 30.4. The van der Waals surface area contributed by atoms with Crippen LogP contribution in [0.4, 0.5) is 18.0 Å². The van der Waals surface area contributed by atoms with Crippen LogP contribution in [0.3, 0.4) is 0 Å². The van der Waals surface area contributed by atoms with Crippen LogP contribution in [0, 0.1) is 23.7 Å². The number of likely N-dealkylation sites (tertiary alicyclic amines) is 1. The lowest BCUT2D eigenvalue weighted by atomic mass is 9.78. The summed E-state index contributed by atoms with van der Waals surface area (Å²) in [5.41, 5.74) is -0.738. The molecule has 4 aliphatic rings. The monoisotopic (exact) mass is 550 g/mol. The van der Waals surface area contributed by atoms with Crippen molar-refractivity contribution in [3.8, 4) is 12.3 Å². The van der Waals surface area contributed by atoms with Crippen molar-refractivity contribution in [2.24, 2.45) is 11.3 Å². The molecule has 4 heterocycles. The molecule has 2 saturated heterocycles. The van der Waals surface area contributed by atoms with E-state index in [2.05, 4.69) is 16.2 Å². The van der Waals surface area contributed by atoms with Gasteiger partial charge in [-0.25, -0.2) is 4.79 Å². The molecule has 0 aromatic carbocycles. The van der Waals surface area contributed by atoms with Gasteiger partial charge in [0.1, 0.15) is 0 Å². The number of ether oxygens (including phenoxy) is 3. The average Bonchev–Trinajstić information content (AvgIpc) is 3.45. The molecule has 1 aromatic heterocycles. The van der Waals surface area contributed by atoms with Gasteiger partial charge in [-0.1, -0.05) is 5.92 Å². The number of halogens is 3. The summed E-state index contributed by atoms with van der Waals surface area (Å²) in [5, 5.41) is 3.68. The van der Waals surface area contributed by atoms with Crippen molar-refractivity contribution in [2.75, 3.05) is 46.6 Å². The van der Waals surface area contributed by atoms with E-state index in [1.54, 1.807) is 12.0 Å². The number of amides is 2. The van der Waals surface area contributed by atoms with Crippen molar-refractivity contribution in [1.82, 2.24) is 20.1 Å². The van der Waals surface area contributed by atoms with E-state index in [-0.39, 0.29) is 49.7 Å². The standard InChI is InChI=1S/C27H33F3N4O5/c1-3-7-39-25(36)34-14-19-10-20(32-22-5-8-38-15-23(22)37-2)11-26(19,16-34)24(35)33-6-4-21-17(13-33)9-18(12-31-21)27(28,29)30/h1,9,12,19-20,22-23,32H,4-8,10-11,13-16H2,2H3/t19-,20+,22?,23?,26-/m0/s1. The van der Waals surface area contributed by atoms with Crippen LogP contribution in [-0.2, 0) is 38.1 Å². The Labute approximate surface area is 225 Å². The quantitative estimate of drug-likeness (QED) is 0.562. The Hall–Kier alpha value is -2.88. The van der Waals surface area contributed by atoms with E-state index in [1.807, 2.05) is 0 Å². The molecule has 9 nitrogen and oxygen atoms in total. The summed E-state index contributed by atoms with van der Waals surface area (Å²) in [6, 6.07) is 1.17. The molecule has 212 valence electrons. The molecule has 5 rings (SSSR count). The van der Waals surface area contributed by atoms with E-state index in [4.69, 9.17) is 20.6 Å². The molecule has 1 saturated carbocycles. The maximum absolute atomic E-state index is 14.2. The number of aromatic nitrogens is 1. The van der Waals surface area contributed by atoms with Crippen LogP contribution >= 0.6 is 0 Å². The van der Waals surface area contributed by atoms with Crippen LogP contribution in [-0.4, -0.2) is 91.5 Å². The number of rotatable bonds is 5. The average molecular weight is 551 g/mol. The number of fused-ring (bicyclic) bond motifs is 2. The fourth-order valence-electron chi connectivity index (χ4n) is 6.67. The molecule has 12 heteroatoms. The van der Waals surface area contributed by atoms with Gasteiger partial charge in [-0.05, 0) is 36.8 Å². The third-order valence-electron chi connectivity index (χ3n) is 8.55. The van der Waals surface area contributed by atoms with Crippen molar-refractivity contribution in [2.45, 2.75) is 56.6 Å². The van der Waals surface area contributed by atoms with Gasteiger partial charge in [-0.15, -0.1) is 6.42 Å². The first-order valence-corrected chi connectivity index (χ1v) is 13.2. The number of alkyl halides is 3. The van der Waals surface area contributed by atoms with E-state index >= 15 is 0 Å². The summed E-state index contributed by atoms with van der Waals surface area (Å²) in [4.78, 5) is 34.1. The summed E-state index contributed by atoms with van der Waals surface area (Å²) in [5.74, 6) is 1.99. The van der Waals surface area contributed by atoms with Crippen molar-refractivity contribution in [3.05, 3.63) is 29.1 Å². The van der Waals surface area contributed by atoms with Gasteiger partial charge in [0.15, 0.2) is 6.61 Å². The Morgan fingerprint density at radius 2 is 2.18 bits per heavy atom. The number of pyridine rings is 1. The van der Waals surface area contributed by atoms with Gasteiger partial charge in [-0.3, -0.25) is 9.78 Å². The van der Waals surface area contributed by atoms with E-state index in [9.17, 15) is 22.8 Å². The van der Waals surface area contributed by atoms with Crippen LogP contribution < -0.4 is 5.32 Å². The highest BCUT2D eigenvalue weighted by atomic mass is 19.4. The first-order chi connectivity index (χ1) is 18.6. The molecule has 1 aliphatic carbocycles. The lowest BCUT2D eigenvalue weighted by Crippen LogP contribution is -2.52. The maximum atomic E-state index is 14.2. The molecular formula is C27H33F3N4O5.